The quantitative estimate of drug-likeness (QED) is 0.682. The summed E-state index contributed by atoms with van der Waals surface area (Å²) in [6.07, 6.45) is 1.45. The zero-order valence-electron chi connectivity index (χ0n) is 16.0. The Morgan fingerprint density at radius 1 is 1.21 bits per heavy atom. The molecule has 3 heterocycles. The molecular weight excluding hydrogens is 441 g/mol. The minimum atomic E-state index is -0.990. The number of Topliss-reactive ketones (excluding diaryl/α,β-unsaturated/α-hetero) is 1. The second-order valence-electron chi connectivity index (χ2n) is 8.33. The van der Waals surface area contributed by atoms with Crippen molar-refractivity contribution >= 4 is 27.6 Å². The molecular formula is C22H23BrFNO4. The number of carbonyl (C=O) groups is 2. The van der Waals surface area contributed by atoms with Crippen LogP contribution in [0.25, 0.3) is 0 Å². The van der Waals surface area contributed by atoms with Crippen LogP contribution >= 0.6 is 15.9 Å². The highest BCUT2D eigenvalue weighted by Crippen LogP contribution is 2.47. The van der Waals surface area contributed by atoms with Crippen molar-refractivity contribution in [1.82, 2.24) is 4.90 Å². The van der Waals surface area contributed by atoms with Gasteiger partial charge in [-0.25, -0.2) is 4.39 Å². The van der Waals surface area contributed by atoms with E-state index in [2.05, 4.69) is 15.9 Å². The molecule has 1 aromatic carbocycles. The number of fused-ring (bicyclic) bond motifs is 1. The van der Waals surface area contributed by atoms with E-state index in [1.54, 1.807) is 4.90 Å². The minimum absolute atomic E-state index is 0.0393. The third-order valence-electron chi connectivity index (χ3n) is 6.47. The van der Waals surface area contributed by atoms with Crippen molar-refractivity contribution in [3.05, 3.63) is 45.6 Å². The molecule has 5 nitrogen and oxygen atoms in total. The van der Waals surface area contributed by atoms with Crippen LogP contribution in [-0.4, -0.2) is 48.1 Å². The molecule has 5 atom stereocenters. The van der Waals surface area contributed by atoms with Gasteiger partial charge >= 0.3 is 0 Å². The third kappa shape index (κ3) is 3.32. The Balaban J connectivity index is 1.55. The first kappa shape index (κ1) is 19.2. The van der Waals surface area contributed by atoms with Crippen LogP contribution < -0.4 is 0 Å². The summed E-state index contributed by atoms with van der Waals surface area (Å²) in [5, 5.41) is 0. The van der Waals surface area contributed by atoms with E-state index in [0.717, 1.165) is 22.9 Å². The van der Waals surface area contributed by atoms with Crippen molar-refractivity contribution in [3.8, 4) is 0 Å². The van der Waals surface area contributed by atoms with Crippen molar-refractivity contribution in [2.75, 3.05) is 13.2 Å². The van der Waals surface area contributed by atoms with Crippen molar-refractivity contribution in [3.63, 3.8) is 0 Å². The molecule has 1 saturated carbocycles. The van der Waals surface area contributed by atoms with Crippen LogP contribution in [0.15, 0.2) is 40.1 Å². The summed E-state index contributed by atoms with van der Waals surface area (Å²) in [5.74, 6) is -0.736. The molecule has 3 aliphatic heterocycles. The number of ether oxygens (including phenoxy) is 2. The summed E-state index contributed by atoms with van der Waals surface area (Å²) in [6, 6.07) is 7.12. The van der Waals surface area contributed by atoms with Crippen LogP contribution in [0.3, 0.4) is 0 Å². The molecule has 7 heteroatoms. The average molecular weight is 464 g/mol. The number of hydrogen-bond acceptors (Lipinski definition) is 4. The summed E-state index contributed by atoms with van der Waals surface area (Å²) >= 11 is 3.49. The number of ketones is 1. The lowest BCUT2D eigenvalue weighted by molar-refractivity contribution is -0.137. The van der Waals surface area contributed by atoms with Gasteiger partial charge in [-0.3, -0.25) is 9.59 Å². The predicted octanol–water partition coefficient (Wildman–Crippen LogP) is 3.87. The summed E-state index contributed by atoms with van der Waals surface area (Å²) < 4.78 is 26.8. The van der Waals surface area contributed by atoms with Crippen LogP contribution in [0.5, 0.6) is 0 Å². The summed E-state index contributed by atoms with van der Waals surface area (Å²) in [7, 11) is 0. The molecule has 5 rings (SSSR count). The van der Waals surface area contributed by atoms with E-state index in [0.29, 0.717) is 31.6 Å². The Labute approximate surface area is 177 Å². The fourth-order valence-corrected chi connectivity index (χ4v) is 5.50. The van der Waals surface area contributed by atoms with Crippen molar-refractivity contribution in [2.24, 2.45) is 5.92 Å². The lowest BCUT2D eigenvalue weighted by Gasteiger charge is -2.36. The van der Waals surface area contributed by atoms with Crippen molar-refractivity contribution < 1.29 is 23.5 Å². The van der Waals surface area contributed by atoms with E-state index in [4.69, 9.17) is 9.47 Å². The van der Waals surface area contributed by atoms with Gasteiger partial charge < -0.3 is 14.4 Å². The largest absolute Gasteiger partial charge is 0.483 e. The molecule has 0 radical (unpaired) electrons. The van der Waals surface area contributed by atoms with E-state index in [1.807, 2.05) is 24.3 Å². The molecule has 1 amide bonds. The average Bonchev–Trinajstić information content (AvgIpc) is 3.31. The molecule has 154 valence electrons. The van der Waals surface area contributed by atoms with Gasteiger partial charge in [-0.05, 0) is 49.8 Å². The molecule has 0 spiro atoms. The summed E-state index contributed by atoms with van der Waals surface area (Å²) in [5.41, 5.74) is 1.24. The highest BCUT2D eigenvalue weighted by atomic mass is 79.9. The normalized spacial score (nSPS) is 34.3. The molecule has 1 saturated heterocycles. The molecule has 2 fully saturated rings. The number of hydrogen-bond donors (Lipinski definition) is 0. The van der Waals surface area contributed by atoms with Gasteiger partial charge in [0.2, 0.25) is 0 Å². The Bertz CT molecular complexity index is 881. The Morgan fingerprint density at radius 3 is 2.83 bits per heavy atom. The van der Waals surface area contributed by atoms with Crippen LogP contribution in [0.4, 0.5) is 4.39 Å². The topological polar surface area (TPSA) is 55.8 Å². The maximum atomic E-state index is 14.0. The second kappa shape index (κ2) is 7.51. The first-order valence-corrected chi connectivity index (χ1v) is 11.1. The Hall–Kier alpha value is -1.73. The number of benzene rings is 1. The monoisotopic (exact) mass is 463 g/mol. The van der Waals surface area contributed by atoms with E-state index >= 15 is 0 Å². The summed E-state index contributed by atoms with van der Waals surface area (Å²) in [6.45, 7) is 1.11. The number of carbonyl (C=O) groups excluding carboxylic acids is 2. The number of halogens is 2. The molecule has 5 unspecified atom stereocenters. The van der Waals surface area contributed by atoms with Gasteiger partial charge in [0.25, 0.3) is 5.91 Å². The lowest BCUT2D eigenvalue weighted by Crippen LogP contribution is -2.42. The van der Waals surface area contributed by atoms with Gasteiger partial charge in [0, 0.05) is 17.6 Å². The maximum Gasteiger partial charge on any atom is 0.290 e. The molecule has 1 aliphatic carbocycles. The minimum Gasteiger partial charge on any atom is -0.483 e. The summed E-state index contributed by atoms with van der Waals surface area (Å²) in [4.78, 5) is 28.5. The molecule has 1 aromatic rings. The van der Waals surface area contributed by atoms with Gasteiger partial charge in [0.15, 0.2) is 11.5 Å². The number of nitrogens with zero attached hydrogens (tertiary/aromatic N) is 1. The van der Waals surface area contributed by atoms with Crippen LogP contribution in [0.2, 0.25) is 0 Å². The molecule has 0 aromatic heterocycles. The third-order valence-corrected chi connectivity index (χ3v) is 6.96. The molecule has 29 heavy (non-hydrogen) atoms. The lowest BCUT2D eigenvalue weighted by atomic mass is 9.77. The second-order valence-corrected chi connectivity index (χ2v) is 9.25. The standard InChI is InChI=1S/C22H23BrFNO4/c23-13-4-1-3-12(9-13)19-18-20(26)16-10-14(24)6-7-17(16)29-21(18)22(27)25(19)11-15-5-2-8-28-15/h1,3-4,9,14-17,19H,2,5-8,10-11H2. The first-order chi connectivity index (χ1) is 14.0. The van der Waals surface area contributed by atoms with E-state index in [9.17, 15) is 14.0 Å². The molecule has 0 bridgehead atoms. The number of rotatable bonds is 3. The predicted molar refractivity (Wildman–Crippen MR) is 107 cm³/mol. The van der Waals surface area contributed by atoms with Gasteiger partial charge in [0.1, 0.15) is 12.3 Å². The van der Waals surface area contributed by atoms with Crippen molar-refractivity contribution in [2.45, 2.75) is 56.5 Å². The van der Waals surface area contributed by atoms with Crippen molar-refractivity contribution in [1.29, 1.82) is 0 Å². The van der Waals surface area contributed by atoms with Gasteiger partial charge in [-0.2, -0.15) is 0 Å². The van der Waals surface area contributed by atoms with Crippen LogP contribution in [0, 0.1) is 5.92 Å². The fraction of sp³-hybridized carbons (Fsp3) is 0.545. The highest BCUT2D eigenvalue weighted by molar-refractivity contribution is 9.10. The van der Waals surface area contributed by atoms with Gasteiger partial charge in [-0.15, -0.1) is 0 Å². The number of amides is 1. The van der Waals surface area contributed by atoms with E-state index < -0.39 is 24.2 Å². The Kier molecular flexibility index (Phi) is 4.98. The molecule has 4 aliphatic rings. The first-order valence-electron chi connectivity index (χ1n) is 10.3. The highest BCUT2D eigenvalue weighted by Gasteiger charge is 2.53. The zero-order valence-corrected chi connectivity index (χ0v) is 17.6. The smallest absolute Gasteiger partial charge is 0.290 e. The van der Waals surface area contributed by atoms with Crippen LogP contribution in [-0.2, 0) is 19.1 Å². The Morgan fingerprint density at radius 2 is 2.07 bits per heavy atom. The van der Waals surface area contributed by atoms with Crippen LogP contribution in [0.1, 0.15) is 43.7 Å². The zero-order chi connectivity index (χ0) is 20.1. The van der Waals surface area contributed by atoms with E-state index in [1.165, 1.54) is 0 Å². The van der Waals surface area contributed by atoms with Gasteiger partial charge in [-0.1, -0.05) is 28.1 Å². The van der Waals surface area contributed by atoms with Gasteiger partial charge in [0.05, 0.1) is 23.6 Å². The molecule has 0 N–H and O–H groups in total. The maximum absolute atomic E-state index is 14.0. The fourth-order valence-electron chi connectivity index (χ4n) is 5.08. The van der Waals surface area contributed by atoms with E-state index in [-0.39, 0.29) is 30.0 Å². The number of alkyl halides is 1. The SMILES string of the molecule is O=C1C2=C(OC3CCC(F)CC13)C(=O)N(CC1CCCO1)C2c1cccc(Br)c1.